The number of hydrogen-bond donors (Lipinski definition) is 1. The molecule has 1 unspecified atom stereocenters. The van der Waals surface area contributed by atoms with Crippen LogP contribution in [0.4, 0.5) is 0 Å². The van der Waals surface area contributed by atoms with Crippen molar-refractivity contribution in [2.75, 3.05) is 40.6 Å². The highest BCUT2D eigenvalue weighted by molar-refractivity contribution is 7.89. The molecule has 1 saturated heterocycles. The predicted molar refractivity (Wildman–Crippen MR) is 81.6 cm³/mol. The summed E-state index contributed by atoms with van der Waals surface area (Å²) >= 11 is 0. The minimum Gasteiger partial charge on any atom is -0.493 e. The van der Waals surface area contributed by atoms with E-state index < -0.39 is 10.0 Å². The van der Waals surface area contributed by atoms with E-state index in [0.717, 1.165) is 0 Å². The zero-order valence-corrected chi connectivity index (χ0v) is 13.8. The van der Waals surface area contributed by atoms with Crippen LogP contribution in [0.15, 0.2) is 23.1 Å². The van der Waals surface area contributed by atoms with Crippen molar-refractivity contribution in [3.8, 4) is 11.5 Å². The Balaban J connectivity index is 2.27. The molecule has 0 saturated carbocycles. The topological polar surface area (TPSA) is 79.3 Å². The molecule has 1 aliphatic heterocycles. The first-order chi connectivity index (χ1) is 10.4. The third-order valence-corrected chi connectivity index (χ3v) is 5.76. The second-order valence-electron chi connectivity index (χ2n) is 5.18. The van der Waals surface area contributed by atoms with Crippen LogP contribution in [0, 0.1) is 0 Å². The minimum atomic E-state index is -3.59. The van der Waals surface area contributed by atoms with Gasteiger partial charge in [-0.25, -0.2) is 8.42 Å². The van der Waals surface area contributed by atoms with Gasteiger partial charge in [0.2, 0.25) is 10.0 Å². The molecule has 1 aromatic rings. The standard InChI is InChI=1S/C14H22N2O5S/c1-11-9-16(7-6-15(11)10-17)22(18,19)12-4-5-13(20-2)14(8-12)21-3/h4-5,8,11,17H,6-7,9-10H2,1-3H3. The van der Waals surface area contributed by atoms with E-state index in [0.29, 0.717) is 31.1 Å². The van der Waals surface area contributed by atoms with Crippen LogP contribution >= 0.6 is 0 Å². The van der Waals surface area contributed by atoms with E-state index in [-0.39, 0.29) is 17.7 Å². The second kappa shape index (κ2) is 6.82. The highest BCUT2D eigenvalue weighted by Gasteiger charge is 2.32. The van der Waals surface area contributed by atoms with Crippen molar-refractivity contribution >= 4 is 10.0 Å². The zero-order chi connectivity index (χ0) is 16.3. The van der Waals surface area contributed by atoms with Crippen molar-refractivity contribution in [3.63, 3.8) is 0 Å². The lowest BCUT2D eigenvalue weighted by Gasteiger charge is -2.37. The van der Waals surface area contributed by atoms with Gasteiger partial charge in [-0.3, -0.25) is 4.90 Å². The Hall–Kier alpha value is -1.35. The predicted octanol–water partition coefficient (Wildman–Crippen LogP) is 0.348. The molecule has 1 atom stereocenters. The van der Waals surface area contributed by atoms with Crippen LogP contribution in [-0.4, -0.2) is 69.4 Å². The highest BCUT2D eigenvalue weighted by atomic mass is 32.2. The number of methoxy groups -OCH3 is 2. The zero-order valence-electron chi connectivity index (χ0n) is 13.0. The summed E-state index contributed by atoms with van der Waals surface area (Å²) in [7, 11) is -0.624. The summed E-state index contributed by atoms with van der Waals surface area (Å²) in [5.74, 6) is 0.866. The lowest BCUT2D eigenvalue weighted by molar-refractivity contribution is 0.0388. The molecule has 0 bridgehead atoms. The van der Waals surface area contributed by atoms with Gasteiger partial charge in [0.05, 0.1) is 25.8 Å². The number of nitrogens with zero attached hydrogens (tertiary/aromatic N) is 2. The molecule has 1 fully saturated rings. The van der Waals surface area contributed by atoms with Gasteiger partial charge in [-0.05, 0) is 19.1 Å². The second-order valence-corrected chi connectivity index (χ2v) is 7.12. The van der Waals surface area contributed by atoms with Gasteiger partial charge in [-0.1, -0.05) is 0 Å². The highest BCUT2D eigenvalue weighted by Crippen LogP contribution is 2.31. The molecule has 1 N–H and O–H groups in total. The quantitative estimate of drug-likeness (QED) is 0.839. The molecule has 8 heteroatoms. The van der Waals surface area contributed by atoms with Crippen LogP contribution in [0.1, 0.15) is 6.92 Å². The molecule has 0 aliphatic carbocycles. The molecule has 0 spiro atoms. The Morgan fingerprint density at radius 3 is 2.45 bits per heavy atom. The maximum absolute atomic E-state index is 12.7. The van der Waals surface area contributed by atoms with Crippen LogP contribution < -0.4 is 9.47 Å². The van der Waals surface area contributed by atoms with Crippen molar-refractivity contribution in [2.24, 2.45) is 0 Å². The summed E-state index contributed by atoms with van der Waals surface area (Å²) in [5, 5.41) is 9.22. The molecule has 1 aliphatic rings. The van der Waals surface area contributed by atoms with Gasteiger partial charge in [0.25, 0.3) is 0 Å². The van der Waals surface area contributed by atoms with Crippen LogP contribution in [0.3, 0.4) is 0 Å². The van der Waals surface area contributed by atoms with E-state index in [1.165, 1.54) is 30.7 Å². The van der Waals surface area contributed by atoms with Crippen molar-refractivity contribution in [1.29, 1.82) is 0 Å². The molecule has 1 heterocycles. The third-order valence-electron chi connectivity index (χ3n) is 3.90. The van der Waals surface area contributed by atoms with Gasteiger partial charge in [0.1, 0.15) is 0 Å². The Morgan fingerprint density at radius 1 is 1.23 bits per heavy atom. The molecular weight excluding hydrogens is 308 g/mol. The molecule has 2 rings (SSSR count). The first kappa shape index (κ1) is 17.0. The summed E-state index contributed by atoms with van der Waals surface area (Å²) in [6, 6.07) is 4.53. The van der Waals surface area contributed by atoms with E-state index in [1.54, 1.807) is 6.07 Å². The summed E-state index contributed by atoms with van der Waals surface area (Å²) in [4.78, 5) is 2.01. The van der Waals surface area contributed by atoms with Crippen LogP contribution in [0.2, 0.25) is 0 Å². The van der Waals surface area contributed by atoms with Gasteiger partial charge in [-0.2, -0.15) is 4.31 Å². The number of rotatable bonds is 5. The Bertz CT molecular complexity index is 620. The van der Waals surface area contributed by atoms with E-state index in [9.17, 15) is 13.5 Å². The summed E-state index contributed by atoms with van der Waals surface area (Å²) < 4.78 is 37.2. The fourth-order valence-electron chi connectivity index (χ4n) is 2.52. The SMILES string of the molecule is COc1ccc(S(=O)(=O)N2CCN(CO)C(C)C2)cc1OC. The van der Waals surface area contributed by atoms with Gasteiger partial charge >= 0.3 is 0 Å². The number of ether oxygens (including phenoxy) is 2. The Morgan fingerprint density at radius 2 is 1.91 bits per heavy atom. The number of hydrogen-bond acceptors (Lipinski definition) is 6. The molecule has 0 aromatic heterocycles. The van der Waals surface area contributed by atoms with Crippen molar-refractivity contribution in [3.05, 3.63) is 18.2 Å². The minimum absolute atomic E-state index is 0.0336. The number of aliphatic hydroxyl groups is 1. The first-order valence-electron chi connectivity index (χ1n) is 7.01. The van der Waals surface area contributed by atoms with Gasteiger partial charge in [0, 0.05) is 31.7 Å². The molecular formula is C14H22N2O5S. The van der Waals surface area contributed by atoms with E-state index >= 15 is 0 Å². The monoisotopic (exact) mass is 330 g/mol. The summed E-state index contributed by atoms with van der Waals surface area (Å²) in [5.41, 5.74) is 0. The normalized spacial score (nSPS) is 20.8. The van der Waals surface area contributed by atoms with Crippen LogP contribution in [0.25, 0.3) is 0 Å². The summed E-state index contributed by atoms with van der Waals surface area (Å²) in [6.07, 6.45) is 0. The van der Waals surface area contributed by atoms with E-state index in [1.807, 2.05) is 11.8 Å². The third kappa shape index (κ3) is 3.19. The molecule has 1 aromatic carbocycles. The fraction of sp³-hybridized carbons (Fsp3) is 0.571. The number of benzene rings is 1. The molecule has 22 heavy (non-hydrogen) atoms. The summed E-state index contributed by atoms with van der Waals surface area (Å²) in [6.45, 7) is 3.03. The maximum Gasteiger partial charge on any atom is 0.243 e. The van der Waals surface area contributed by atoms with Gasteiger partial charge < -0.3 is 14.6 Å². The fourth-order valence-corrected chi connectivity index (χ4v) is 4.04. The van der Waals surface area contributed by atoms with Gasteiger partial charge in [-0.15, -0.1) is 0 Å². The van der Waals surface area contributed by atoms with Crippen LogP contribution in [0.5, 0.6) is 11.5 Å². The maximum atomic E-state index is 12.7. The average molecular weight is 330 g/mol. The van der Waals surface area contributed by atoms with Crippen molar-refractivity contribution in [1.82, 2.24) is 9.21 Å². The van der Waals surface area contributed by atoms with E-state index in [4.69, 9.17) is 9.47 Å². The average Bonchev–Trinajstić information content (AvgIpc) is 2.53. The number of piperazine rings is 1. The molecule has 7 nitrogen and oxygen atoms in total. The van der Waals surface area contributed by atoms with Crippen molar-refractivity contribution in [2.45, 2.75) is 17.9 Å². The Labute approximate surface area is 131 Å². The molecule has 0 radical (unpaired) electrons. The largest absolute Gasteiger partial charge is 0.493 e. The first-order valence-corrected chi connectivity index (χ1v) is 8.45. The molecule has 124 valence electrons. The smallest absolute Gasteiger partial charge is 0.243 e. The molecule has 0 amide bonds. The van der Waals surface area contributed by atoms with Gasteiger partial charge in [0.15, 0.2) is 11.5 Å². The van der Waals surface area contributed by atoms with Crippen molar-refractivity contribution < 1.29 is 23.0 Å². The number of sulfonamides is 1. The Kier molecular flexibility index (Phi) is 5.28. The lowest BCUT2D eigenvalue weighted by Crippen LogP contribution is -2.53. The number of aliphatic hydroxyl groups excluding tert-OH is 1. The lowest BCUT2D eigenvalue weighted by atomic mass is 10.2. The van der Waals surface area contributed by atoms with Crippen LogP contribution in [-0.2, 0) is 10.0 Å². The van der Waals surface area contributed by atoms with E-state index in [2.05, 4.69) is 0 Å².